The average molecular weight is 257 g/mol. The van der Waals surface area contributed by atoms with Gasteiger partial charge in [-0.3, -0.25) is 9.58 Å². The summed E-state index contributed by atoms with van der Waals surface area (Å²) in [6.45, 7) is -0.747. The van der Waals surface area contributed by atoms with Gasteiger partial charge >= 0.3 is 6.18 Å². The number of aromatic nitrogens is 3. The summed E-state index contributed by atoms with van der Waals surface area (Å²) in [5.74, 6) is 0.628. The third kappa shape index (κ3) is 4.36. The topological polar surface area (TPSA) is 34.0 Å². The number of halogens is 4. The minimum atomic E-state index is -4.23. The van der Waals surface area contributed by atoms with Crippen molar-refractivity contribution in [2.24, 2.45) is 7.05 Å². The van der Waals surface area contributed by atoms with Crippen LogP contribution in [-0.2, 0) is 13.6 Å². The van der Waals surface area contributed by atoms with Crippen LogP contribution in [0.4, 0.5) is 13.2 Å². The Hall–Kier alpha value is -0.820. The van der Waals surface area contributed by atoms with Crippen LogP contribution in [0.3, 0.4) is 0 Å². The van der Waals surface area contributed by atoms with E-state index in [0.717, 1.165) is 0 Å². The molecule has 8 heteroatoms. The van der Waals surface area contributed by atoms with Gasteiger partial charge in [0.1, 0.15) is 12.2 Å². The number of hydrogen-bond donors (Lipinski definition) is 0. The minimum absolute atomic E-state index is 0.0860. The van der Waals surface area contributed by atoms with Crippen LogP contribution in [-0.4, -0.2) is 44.8 Å². The molecule has 0 fully saturated rings. The Morgan fingerprint density at radius 2 is 2.19 bits per heavy atom. The summed E-state index contributed by atoms with van der Waals surface area (Å²) in [4.78, 5) is 5.06. The molecule has 0 bridgehead atoms. The first-order valence-corrected chi connectivity index (χ1v) is 5.14. The molecule has 0 N–H and O–H groups in total. The van der Waals surface area contributed by atoms with E-state index in [-0.39, 0.29) is 19.0 Å². The van der Waals surface area contributed by atoms with Crippen molar-refractivity contribution in [1.82, 2.24) is 19.7 Å². The molecular formula is C8H12ClF3N4. The molecule has 0 aromatic carbocycles. The maximum absolute atomic E-state index is 12.2. The molecule has 1 aromatic rings. The van der Waals surface area contributed by atoms with Gasteiger partial charge in [-0.2, -0.15) is 18.3 Å². The van der Waals surface area contributed by atoms with Crippen LogP contribution in [0, 0.1) is 0 Å². The molecule has 1 rings (SSSR count). The molecule has 0 unspecified atom stereocenters. The van der Waals surface area contributed by atoms with Crippen molar-refractivity contribution in [3.63, 3.8) is 0 Å². The zero-order valence-corrected chi connectivity index (χ0v) is 9.46. The second-order valence-corrected chi connectivity index (χ2v) is 3.69. The Kier molecular flexibility index (Phi) is 4.55. The first kappa shape index (κ1) is 13.2. The summed E-state index contributed by atoms with van der Waals surface area (Å²) in [6, 6.07) is 0. The Morgan fingerprint density at radius 3 is 2.62 bits per heavy atom. The lowest BCUT2D eigenvalue weighted by Crippen LogP contribution is -2.35. The van der Waals surface area contributed by atoms with Gasteiger partial charge in [0.2, 0.25) is 0 Å². The van der Waals surface area contributed by atoms with Gasteiger partial charge in [0.05, 0.1) is 13.1 Å². The highest BCUT2D eigenvalue weighted by molar-refractivity contribution is 6.18. The van der Waals surface area contributed by atoms with Gasteiger partial charge in [0.15, 0.2) is 0 Å². The summed E-state index contributed by atoms with van der Waals surface area (Å²) in [7, 11) is 1.63. The largest absolute Gasteiger partial charge is 0.401 e. The summed E-state index contributed by atoms with van der Waals surface area (Å²) in [5, 5.41) is 3.79. The molecule has 4 nitrogen and oxygen atoms in total. The van der Waals surface area contributed by atoms with E-state index in [1.165, 1.54) is 15.9 Å². The highest BCUT2D eigenvalue weighted by Gasteiger charge is 2.30. The third-order valence-corrected chi connectivity index (χ3v) is 2.14. The van der Waals surface area contributed by atoms with E-state index in [2.05, 4.69) is 10.1 Å². The molecule has 0 aliphatic rings. The second-order valence-electron chi connectivity index (χ2n) is 3.31. The third-order valence-electron chi connectivity index (χ3n) is 1.97. The normalized spacial score (nSPS) is 12.4. The molecule has 0 radical (unpaired) electrons. The van der Waals surface area contributed by atoms with Gasteiger partial charge in [-0.1, -0.05) is 0 Å². The van der Waals surface area contributed by atoms with Crippen LogP contribution in [0.25, 0.3) is 0 Å². The van der Waals surface area contributed by atoms with Crippen molar-refractivity contribution in [2.75, 3.05) is 19.0 Å². The fourth-order valence-corrected chi connectivity index (χ4v) is 1.49. The van der Waals surface area contributed by atoms with E-state index < -0.39 is 12.7 Å². The van der Waals surface area contributed by atoms with Crippen molar-refractivity contribution in [1.29, 1.82) is 0 Å². The van der Waals surface area contributed by atoms with Crippen LogP contribution in [0.15, 0.2) is 6.33 Å². The standard InChI is InChI=1S/C8H12ClF3N4/c1-15-7(13-6-14-15)4-16(3-2-9)5-8(10,11)12/h6H,2-5H2,1H3. The predicted octanol–water partition coefficient (Wildman–Crippen LogP) is 1.42. The molecule has 92 valence electrons. The summed E-state index contributed by atoms with van der Waals surface area (Å²) >= 11 is 5.45. The minimum Gasteiger partial charge on any atom is -0.286 e. The van der Waals surface area contributed by atoms with Gasteiger partial charge in [-0.25, -0.2) is 4.98 Å². The van der Waals surface area contributed by atoms with Crippen molar-refractivity contribution in [2.45, 2.75) is 12.7 Å². The lowest BCUT2D eigenvalue weighted by molar-refractivity contribution is -0.146. The average Bonchev–Trinajstić information content (AvgIpc) is 2.49. The smallest absolute Gasteiger partial charge is 0.286 e. The number of aryl methyl sites for hydroxylation is 1. The van der Waals surface area contributed by atoms with E-state index in [9.17, 15) is 13.2 Å². The molecule has 0 atom stereocenters. The summed E-state index contributed by atoms with van der Waals surface area (Å²) in [5.41, 5.74) is 0. The first-order valence-electron chi connectivity index (χ1n) is 4.60. The van der Waals surface area contributed by atoms with Gasteiger partial charge < -0.3 is 0 Å². The number of hydrogen-bond acceptors (Lipinski definition) is 3. The Morgan fingerprint density at radius 1 is 1.50 bits per heavy atom. The molecular weight excluding hydrogens is 245 g/mol. The van der Waals surface area contributed by atoms with E-state index in [1.54, 1.807) is 7.05 Å². The lowest BCUT2D eigenvalue weighted by Gasteiger charge is -2.21. The molecule has 0 aliphatic carbocycles. The summed E-state index contributed by atoms with van der Waals surface area (Å²) < 4.78 is 38.1. The molecule has 0 saturated heterocycles. The first-order chi connectivity index (χ1) is 7.42. The van der Waals surface area contributed by atoms with Crippen LogP contribution in [0.1, 0.15) is 5.82 Å². The Bertz CT molecular complexity index is 325. The number of rotatable bonds is 5. The second kappa shape index (κ2) is 5.49. The Labute approximate surface area is 96.0 Å². The van der Waals surface area contributed by atoms with Gasteiger partial charge in [0, 0.05) is 19.5 Å². The quantitative estimate of drug-likeness (QED) is 0.747. The maximum atomic E-state index is 12.2. The molecule has 0 saturated carbocycles. The van der Waals surface area contributed by atoms with Gasteiger partial charge in [-0.15, -0.1) is 11.6 Å². The van der Waals surface area contributed by atoms with E-state index in [1.807, 2.05) is 0 Å². The fraction of sp³-hybridized carbons (Fsp3) is 0.750. The van der Waals surface area contributed by atoms with Crippen LogP contribution >= 0.6 is 11.6 Å². The maximum Gasteiger partial charge on any atom is 0.401 e. The van der Waals surface area contributed by atoms with Crippen molar-refractivity contribution in [3.8, 4) is 0 Å². The molecule has 1 aromatic heterocycles. The number of nitrogens with zero attached hydrogens (tertiary/aromatic N) is 4. The monoisotopic (exact) mass is 256 g/mol. The molecule has 0 spiro atoms. The SMILES string of the molecule is Cn1ncnc1CN(CCCl)CC(F)(F)F. The van der Waals surface area contributed by atoms with Crippen molar-refractivity contribution >= 4 is 11.6 Å². The molecule has 1 heterocycles. The zero-order valence-electron chi connectivity index (χ0n) is 8.71. The fourth-order valence-electron chi connectivity index (χ4n) is 1.25. The van der Waals surface area contributed by atoms with E-state index in [4.69, 9.17) is 11.6 Å². The summed E-state index contributed by atoms with van der Waals surface area (Å²) in [6.07, 6.45) is -2.92. The van der Waals surface area contributed by atoms with E-state index >= 15 is 0 Å². The molecule has 16 heavy (non-hydrogen) atoms. The van der Waals surface area contributed by atoms with Crippen LogP contribution in [0.2, 0.25) is 0 Å². The Balaban J connectivity index is 2.61. The zero-order chi connectivity index (χ0) is 12.2. The highest BCUT2D eigenvalue weighted by atomic mass is 35.5. The molecule has 0 amide bonds. The van der Waals surface area contributed by atoms with Gasteiger partial charge in [0.25, 0.3) is 0 Å². The highest BCUT2D eigenvalue weighted by Crippen LogP contribution is 2.17. The molecule has 0 aliphatic heterocycles. The van der Waals surface area contributed by atoms with Crippen LogP contribution in [0.5, 0.6) is 0 Å². The van der Waals surface area contributed by atoms with Gasteiger partial charge in [-0.05, 0) is 0 Å². The lowest BCUT2D eigenvalue weighted by atomic mass is 10.4. The van der Waals surface area contributed by atoms with E-state index in [0.29, 0.717) is 5.82 Å². The predicted molar refractivity (Wildman–Crippen MR) is 53.1 cm³/mol. The van der Waals surface area contributed by atoms with Crippen molar-refractivity contribution in [3.05, 3.63) is 12.2 Å². The number of alkyl halides is 4. The van der Waals surface area contributed by atoms with Crippen LogP contribution < -0.4 is 0 Å². The van der Waals surface area contributed by atoms with Crippen molar-refractivity contribution < 1.29 is 13.2 Å².